The first-order chi connectivity index (χ1) is 8.29. The molecule has 0 unspecified atom stereocenters. The summed E-state index contributed by atoms with van der Waals surface area (Å²) in [5.74, 6) is -0.419. The molecule has 0 fully saturated rings. The molecular formula is C9H12F3N3O2S. The molecule has 0 bridgehead atoms. The normalized spacial score (nSPS) is 11.6. The molecule has 0 saturated carbocycles. The van der Waals surface area contributed by atoms with Crippen LogP contribution >= 0.6 is 11.3 Å². The van der Waals surface area contributed by atoms with E-state index in [2.05, 4.69) is 15.0 Å². The second kappa shape index (κ2) is 6.01. The van der Waals surface area contributed by atoms with E-state index in [4.69, 9.17) is 5.73 Å². The highest BCUT2D eigenvalue weighted by Gasteiger charge is 2.27. The van der Waals surface area contributed by atoms with E-state index in [0.717, 1.165) is 11.3 Å². The first-order valence-electron chi connectivity index (χ1n) is 4.95. The van der Waals surface area contributed by atoms with Gasteiger partial charge in [-0.05, 0) is 6.92 Å². The maximum absolute atomic E-state index is 11.7. The van der Waals surface area contributed by atoms with Crippen molar-refractivity contribution in [1.82, 2.24) is 10.3 Å². The molecular weight excluding hydrogens is 271 g/mol. The number of ether oxygens (including phenoxy) is 1. The molecule has 0 aliphatic heterocycles. The van der Waals surface area contributed by atoms with Gasteiger partial charge in [-0.25, -0.2) is 4.98 Å². The quantitative estimate of drug-likeness (QED) is 0.799. The topological polar surface area (TPSA) is 77.2 Å². The van der Waals surface area contributed by atoms with Crippen molar-refractivity contribution in [3.05, 3.63) is 10.6 Å². The first kappa shape index (κ1) is 14.7. The lowest BCUT2D eigenvalue weighted by molar-refractivity contribution is -0.173. The number of nitrogens with zero attached hydrogens (tertiary/aromatic N) is 1. The number of carbonyl (C=O) groups is 1. The third-order valence-electron chi connectivity index (χ3n) is 1.82. The predicted molar refractivity (Wildman–Crippen MR) is 60.5 cm³/mol. The SMILES string of the molecule is Cc1nc(N)sc1C(=O)NCCOCC(F)(F)F. The van der Waals surface area contributed by atoms with E-state index in [1.165, 1.54) is 0 Å². The van der Waals surface area contributed by atoms with Crippen LogP contribution in [0.5, 0.6) is 0 Å². The van der Waals surface area contributed by atoms with Crippen LogP contribution in [0.4, 0.5) is 18.3 Å². The van der Waals surface area contributed by atoms with Crippen LogP contribution in [0.3, 0.4) is 0 Å². The van der Waals surface area contributed by atoms with Gasteiger partial charge in [0.1, 0.15) is 11.5 Å². The highest BCUT2D eigenvalue weighted by molar-refractivity contribution is 7.17. The van der Waals surface area contributed by atoms with Crippen molar-refractivity contribution >= 4 is 22.4 Å². The Kier molecular flexibility index (Phi) is 4.91. The van der Waals surface area contributed by atoms with Gasteiger partial charge in [0.05, 0.1) is 12.3 Å². The van der Waals surface area contributed by atoms with Gasteiger partial charge in [-0.1, -0.05) is 11.3 Å². The highest BCUT2D eigenvalue weighted by Crippen LogP contribution is 2.19. The van der Waals surface area contributed by atoms with Crippen molar-refractivity contribution in [3.8, 4) is 0 Å². The van der Waals surface area contributed by atoms with Crippen LogP contribution < -0.4 is 11.1 Å². The molecule has 5 nitrogen and oxygen atoms in total. The second-order valence-electron chi connectivity index (χ2n) is 3.39. The molecule has 0 spiro atoms. The third-order valence-corrected chi connectivity index (χ3v) is 2.80. The molecule has 0 radical (unpaired) electrons. The Morgan fingerprint density at radius 3 is 2.72 bits per heavy atom. The maximum Gasteiger partial charge on any atom is 0.411 e. The van der Waals surface area contributed by atoms with Crippen LogP contribution in [0.1, 0.15) is 15.4 Å². The number of nitrogen functional groups attached to an aromatic ring is 1. The van der Waals surface area contributed by atoms with Crippen LogP contribution in [-0.2, 0) is 4.74 Å². The number of carbonyl (C=O) groups excluding carboxylic acids is 1. The van der Waals surface area contributed by atoms with Gasteiger partial charge in [-0.2, -0.15) is 13.2 Å². The number of nitrogens with one attached hydrogen (secondary N) is 1. The van der Waals surface area contributed by atoms with E-state index >= 15 is 0 Å². The lowest BCUT2D eigenvalue weighted by atomic mass is 10.4. The van der Waals surface area contributed by atoms with Gasteiger partial charge >= 0.3 is 6.18 Å². The fraction of sp³-hybridized carbons (Fsp3) is 0.556. The molecule has 18 heavy (non-hydrogen) atoms. The summed E-state index contributed by atoms with van der Waals surface area (Å²) in [7, 11) is 0. The summed E-state index contributed by atoms with van der Waals surface area (Å²) in [6, 6.07) is 0. The molecule has 0 aliphatic rings. The zero-order valence-corrected chi connectivity index (χ0v) is 10.3. The number of alkyl halides is 3. The van der Waals surface area contributed by atoms with Gasteiger partial charge in [-0.3, -0.25) is 4.79 Å². The molecule has 0 atom stereocenters. The molecule has 1 heterocycles. The molecule has 102 valence electrons. The van der Waals surface area contributed by atoms with E-state index in [1.54, 1.807) is 6.92 Å². The maximum atomic E-state index is 11.7. The zero-order chi connectivity index (χ0) is 13.8. The van der Waals surface area contributed by atoms with Crippen LogP contribution in [0.15, 0.2) is 0 Å². The minimum atomic E-state index is -4.35. The Balaban J connectivity index is 2.28. The Labute approximate surface area is 105 Å². The summed E-state index contributed by atoms with van der Waals surface area (Å²) in [4.78, 5) is 15.8. The highest BCUT2D eigenvalue weighted by atomic mass is 32.1. The number of halogens is 3. The fourth-order valence-electron chi connectivity index (χ4n) is 1.13. The third kappa shape index (κ3) is 4.88. The number of nitrogens with two attached hydrogens (primary N) is 1. The lowest BCUT2D eigenvalue weighted by Gasteiger charge is -2.08. The molecule has 9 heteroatoms. The summed E-state index contributed by atoms with van der Waals surface area (Å²) in [6.45, 7) is 0.0854. The van der Waals surface area contributed by atoms with Crippen LogP contribution in [0.25, 0.3) is 0 Å². The number of hydrogen-bond acceptors (Lipinski definition) is 5. The minimum absolute atomic E-state index is 0.00778. The van der Waals surface area contributed by atoms with Gasteiger partial charge in [-0.15, -0.1) is 0 Å². The number of anilines is 1. The summed E-state index contributed by atoms with van der Waals surface area (Å²) >= 11 is 1.02. The van der Waals surface area contributed by atoms with Gasteiger partial charge in [0, 0.05) is 6.54 Å². The van der Waals surface area contributed by atoms with Crippen molar-refractivity contribution in [1.29, 1.82) is 0 Å². The summed E-state index contributed by atoms with van der Waals surface area (Å²) in [6.07, 6.45) is -4.35. The number of thiazole rings is 1. The Bertz CT molecular complexity index is 420. The van der Waals surface area contributed by atoms with Crippen molar-refractivity contribution in [2.75, 3.05) is 25.5 Å². The molecule has 1 rings (SSSR count). The van der Waals surface area contributed by atoms with Crippen molar-refractivity contribution in [3.63, 3.8) is 0 Å². The Hall–Kier alpha value is -1.35. The van der Waals surface area contributed by atoms with Crippen molar-refractivity contribution < 1.29 is 22.7 Å². The number of hydrogen-bond donors (Lipinski definition) is 2. The Morgan fingerprint density at radius 2 is 2.22 bits per heavy atom. The molecule has 0 saturated heterocycles. The molecule has 1 aromatic heterocycles. The monoisotopic (exact) mass is 283 g/mol. The average Bonchev–Trinajstić information content (AvgIpc) is 2.55. The summed E-state index contributed by atoms with van der Waals surface area (Å²) in [5, 5.41) is 2.69. The molecule has 1 amide bonds. The van der Waals surface area contributed by atoms with Gasteiger partial charge in [0.2, 0.25) is 0 Å². The second-order valence-corrected chi connectivity index (χ2v) is 4.42. The standard InChI is InChI=1S/C9H12F3N3O2S/c1-5-6(18-8(13)15-5)7(16)14-2-3-17-4-9(10,11)12/h2-4H2,1H3,(H2,13,15)(H,14,16). The first-order valence-corrected chi connectivity index (χ1v) is 5.77. The van der Waals surface area contributed by atoms with Gasteiger partial charge in [0.25, 0.3) is 5.91 Å². The lowest BCUT2D eigenvalue weighted by Crippen LogP contribution is -2.28. The Morgan fingerprint density at radius 1 is 1.56 bits per heavy atom. The number of rotatable bonds is 5. The van der Waals surface area contributed by atoms with E-state index in [1.807, 2.05) is 0 Å². The molecule has 0 aliphatic carbocycles. The van der Waals surface area contributed by atoms with Crippen LogP contribution in [0.2, 0.25) is 0 Å². The zero-order valence-electron chi connectivity index (χ0n) is 9.50. The van der Waals surface area contributed by atoms with E-state index in [0.29, 0.717) is 10.6 Å². The molecule has 1 aromatic rings. The average molecular weight is 283 g/mol. The summed E-state index contributed by atoms with van der Waals surface area (Å²) in [5.41, 5.74) is 5.91. The van der Waals surface area contributed by atoms with Crippen LogP contribution in [0, 0.1) is 6.92 Å². The fourth-order valence-corrected chi connectivity index (χ4v) is 1.88. The largest absolute Gasteiger partial charge is 0.411 e. The number of aryl methyl sites for hydroxylation is 1. The van der Waals surface area contributed by atoms with Crippen molar-refractivity contribution in [2.45, 2.75) is 13.1 Å². The minimum Gasteiger partial charge on any atom is -0.375 e. The van der Waals surface area contributed by atoms with Gasteiger partial charge < -0.3 is 15.8 Å². The van der Waals surface area contributed by atoms with Crippen molar-refractivity contribution in [2.24, 2.45) is 0 Å². The van der Waals surface area contributed by atoms with E-state index < -0.39 is 18.7 Å². The molecule has 3 N–H and O–H groups in total. The van der Waals surface area contributed by atoms with E-state index in [-0.39, 0.29) is 18.3 Å². The molecule has 0 aromatic carbocycles. The van der Waals surface area contributed by atoms with Crippen LogP contribution in [-0.4, -0.2) is 36.8 Å². The smallest absolute Gasteiger partial charge is 0.375 e. The van der Waals surface area contributed by atoms with Gasteiger partial charge in [0.15, 0.2) is 5.13 Å². The number of amides is 1. The predicted octanol–water partition coefficient (Wildman–Crippen LogP) is 1.34. The summed E-state index contributed by atoms with van der Waals surface area (Å²) < 4.78 is 39.5. The number of aromatic nitrogens is 1. The van der Waals surface area contributed by atoms with E-state index in [9.17, 15) is 18.0 Å².